The topological polar surface area (TPSA) is 58.6 Å². The number of anilines is 1. The minimum atomic E-state index is -0.129. The third kappa shape index (κ3) is 4.33. The van der Waals surface area contributed by atoms with E-state index in [9.17, 15) is 9.90 Å². The summed E-state index contributed by atoms with van der Waals surface area (Å²) in [5.74, 6) is 0.566. The summed E-state index contributed by atoms with van der Waals surface area (Å²) in [6, 6.07) is 13.4. The van der Waals surface area contributed by atoms with Crippen LogP contribution in [0, 0.1) is 6.92 Å². The molecular weight excluding hydrogens is 278 g/mol. The van der Waals surface area contributed by atoms with Crippen LogP contribution in [0.1, 0.15) is 23.1 Å². The molecule has 2 rings (SSSR count). The van der Waals surface area contributed by atoms with E-state index in [1.54, 1.807) is 25.3 Å². The van der Waals surface area contributed by atoms with Gasteiger partial charge in [-0.05, 0) is 37.1 Å². The smallest absolute Gasteiger partial charge is 0.224 e. The van der Waals surface area contributed by atoms with E-state index in [2.05, 4.69) is 11.4 Å². The molecule has 0 saturated carbocycles. The highest BCUT2D eigenvalue weighted by atomic mass is 16.5. The van der Waals surface area contributed by atoms with E-state index in [1.165, 1.54) is 5.56 Å². The van der Waals surface area contributed by atoms with Crippen LogP contribution in [0.2, 0.25) is 0 Å². The molecule has 0 aliphatic rings. The van der Waals surface area contributed by atoms with Crippen molar-refractivity contribution in [1.82, 2.24) is 0 Å². The number of rotatable bonds is 6. The molecule has 0 spiro atoms. The second-order valence-electron chi connectivity index (χ2n) is 5.22. The maximum absolute atomic E-state index is 12.0. The summed E-state index contributed by atoms with van der Waals surface area (Å²) in [6.45, 7) is 1.91. The van der Waals surface area contributed by atoms with Gasteiger partial charge in [0.15, 0.2) is 0 Å². The highest BCUT2D eigenvalue weighted by Crippen LogP contribution is 2.22. The minimum Gasteiger partial charge on any atom is -0.496 e. The van der Waals surface area contributed by atoms with Crippen molar-refractivity contribution in [3.05, 3.63) is 59.2 Å². The first-order valence-corrected chi connectivity index (χ1v) is 7.25. The highest BCUT2D eigenvalue weighted by molar-refractivity contribution is 5.91. The lowest BCUT2D eigenvalue weighted by Gasteiger charge is -2.10. The molecule has 4 nitrogen and oxygen atoms in total. The van der Waals surface area contributed by atoms with Crippen molar-refractivity contribution in [2.45, 2.75) is 26.4 Å². The predicted molar refractivity (Wildman–Crippen MR) is 87.0 cm³/mol. The van der Waals surface area contributed by atoms with Crippen molar-refractivity contribution in [2.75, 3.05) is 12.4 Å². The van der Waals surface area contributed by atoms with Gasteiger partial charge in [0.2, 0.25) is 5.91 Å². The lowest BCUT2D eigenvalue weighted by molar-refractivity contribution is -0.116. The lowest BCUT2D eigenvalue weighted by Crippen LogP contribution is -2.12. The molecule has 0 aliphatic heterocycles. The highest BCUT2D eigenvalue weighted by Gasteiger charge is 2.07. The number of aliphatic hydroxyl groups excluding tert-OH is 1. The summed E-state index contributed by atoms with van der Waals surface area (Å²) in [5, 5.41) is 12.1. The SMILES string of the molecule is COc1ccc(NC(=O)CCc2cccc(C)c2)cc1CO. The molecular formula is C18H21NO3. The molecule has 0 bridgehead atoms. The minimum absolute atomic E-state index is 0.0458. The Labute approximate surface area is 130 Å². The van der Waals surface area contributed by atoms with Crippen LogP contribution in [0.4, 0.5) is 5.69 Å². The van der Waals surface area contributed by atoms with Crippen LogP contribution in [-0.4, -0.2) is 18.1 Å². The average molecular weight is 299 g/mol. The number of nitrogens with one attached hydrogen (secondary N) is 1. The molecule has 0 radical (unpaired) electrons. The van der Waals surface area contributed by atoms with Crippen molar-refractivity contribution in [3.8, 4) is 5.75 Å². The molecule has 116 valence electrons. The summed E-state index contributed by atoms with van der Waals surface area (Å²) >= 11 is 0. The molecule has 2 aromatic rings. The van der Waals surface area contributed by atoms with E-state index in [-0.39, 0.29) is 12.5 Å². The number of benzene rings is 2. The van der Waals surface area contributed by atoms with Crippen LogP contribution in [0.5, 0.6) is 5.75 Å². The second-order valence-corrected chi connectivity index (χ2v) is 5.22. The van der Waals surface area contributed by atoms with Crippen LogP contribution in [-0.2, 0) is 17.8 Å². The molecule has 0 unspecified atom stereocenters. The van der Waals surface area contributed by atoms with Gasteiger partial charge in [0.05, 0.1) is 13.7 Å². The van der Waals surface area contributed by atoms with Gasteiger partial charge in [0.25, 0.3) is 0 Å². The Morgan fingerprint density at radius 3 is 2.73 bits per heavy atom. The maximum Gasteiger partial charge on any atom is 0.224 e. The number of ether oxygens (including phenoxy) is 1. The van der Waals surface area contributed by atoms with Crippen LogP contribution in [0.15, 0.2) is 42.5 Å². The Balaban J connectivity index is 1.94. The number of amides is 1. The summed E-state index contributed by atoms with van der Waals surface area (Å²) in [7, 11) is 1.55. The Morgan fingerprint density at radius 1 is 1.23 bits per heavy atom. The van der Waals surface area contributed by atoms with Gasteiger partial charge in [0, 0.05) is 17.7 Å². The predicted octanol–water partition coefficient (Wildman–Crippen LogP) is 3.07. The third-order valence-corrected chi connectivity index (χ3v) is 3.46. The van der Waals surface area contributed by atoms with E-state index < -0.39 is 0 Å². The number of hydrogen-bond acceptors (Lipinski definition) is 3. The zero-order valence-electron chi connectivity index (χ0n) is 12.9. The van der Waals surface area contributed by atoms with Gasteiger partial charge in [-0.2, -0.15) is 0 Å². The monoisotopic (exact) mass is 299 g/mol. The number of aryl methyl sites for hydroxylation is 2. The van der Waals surface area contributed by atoms with Crippen LogP contribution < -0.4 is 10.1 Å². The van der Waals surface area contributed by atoms with Gasteiger partial charge in [-0.15, -0.1) is 0 Å². The molecule has 4 heteroatoms. The summed E-state index contributed by atoms with van der Waals surface area (Å²) in [4.78, 5) is 12.0. The lowest BCUT2D eigenvalue weighted by atomic mass is 10.1. The standard InChI is InChI=1S/C18H21NO3/c1-13-4-3-5-14(10-13)6-9-18(21)19-16-7-8-17(22-2)15(11-16)12-20/h3-5,7-8,10-11,20H,6,9,12H2,1-2H3,(H,19,21). The Hall–Kier alpha value is -2.33. The maximum atomic E-state index is 12.0. The zero-order valence-corrected chi connectivity index (χ0v) is 12.9. The number of methoxy groups -OCH3 is 1. The van der Waals surface area contributed by atoms with Crippen LogP contribution in [0.3, 0.4) is 0 Å². The first-order valence-electron chi connectivity index (χ1n) is 7.25. The summed E-state index contributed by atoms with van der Waals surface area (Å²) in [6.07, 6.45) is 1.13. The fraction of sp³-hybridized carbons (Fsp3) is 0.278. The first-order chi connectivity index (χ1) is 10.6. The van der Waals surface area contributed by atoms with E-state index in [0.717, 1.165) is 5.56 Å². The van der Waals surface area contributed by atoms with Crippen molar-refractivity contribution in [2.24, 2.45) is 0 Å². The Bertz CT molecular complexity index is 653. The fourth-order valence-corrected chi connectivity index (χ4v) is 2.33. The average Bonchev–Trinajstić information content (AvgIpc) is 2.53. The molecule has 22 heavy (non-hydrogen) atoms. The van der Waals surface area contributed by atoms with Crippen LogP contribution >= 0.6 is 0 Å². The fourth-order valence-electron chi connectivity index (χ4n) is 2.33. The Morgan fingerprint density at radius 2 is 2.05 bits per heavy atom. The van der Waals surface area contributed by atoms with Gasteiger partial charge in [-0.3, -0.25) is 4.79 Å². The number of hydrogen-bond donors (Lipinski definition) is 2. The van der Waals surface area contributed by atoms with Crippen molar-refractivity contribution >= 4 is 11.6 Å². The van der Waals surface area contributed by atoms with Crippen molar-refractivity contribution < 1.29 is 14.6 Å². The van der Waals surface area contributed by atoms with Gasteiger partial charge in [-0.1, -0.05) is 29.8 Å². The number of carbonyl (C=O) groups excluding carboxylic acids is 1. The molecule has 2 N–H and O–H groups in total. The van der Waals surface area contributed by atoms with E-state index >= 15 is 0 Å². The molecule has 0 aliphatic carbocycles. The van der Waals surface area contributed by atoms with E-state index in [0.29, 0.717) is 29.8 Å². The van der Waals surface area contributed by atoms with Gasteiger partial charge < -0.3 is 15.2 Å². The number of aliphatic hydroxyl groups is 1. The van der Waals surface area contributed by atoms with Crippen molar-refractivity contribution in [3.63, 3.8) is 0 Å². The third-order valence-electron chi connectivity index (χ3n) is 3.46. The first kappa shape index (κ1) is 16.0. The second kappa shape index (κ2) is 7.61. The van der Waals surface area contributed by atoms with Gasteiger partial charge in [0.1, 0.15) is 5.75 Å². The molecule has 0 heterocycles. The molecule has 2 aromatic carbocycles. The molecule has 0 saturated heterocycles. The molecule has 0 fully saturated rings. The van der Waals surface area contributed by atoms with E-state index in [4.69, 9.17) is 4.74 Å². The zero-order chi connectivity index (χ0) is 15.9. The normalized spacial score (nSPS) is 10.3. The van der Waals surface area contributed by atoms with Gasteiger partial charge >= 0.3 is 0 Å². The van der Waals surface area contributed by atoms with Gasteiger partial charge in [-0.25, -0.2) is 0 Å². The summed E-state index contributed by atoms with van der Waals surface area (Å²) < 4.78 is 5.14. The quantitative estimate of drug-likeness (QED) is 0.862. The van der Waals surface area contributed by atoms with E-state index in [1.807, 2.05) is 25.1 Å². The largest absolute Gasteiger partial charge is 0.496 e. The molecule has 0 atom stereocenters. The molecule has 1 amide bonds. The number of carbonyl (C=O) groups is 1. The Kier molecular flexibility index (Phi) is 5.55. The van der Waals surface area contributed by atoms with Crippen LogP contribution in [0.25, 0.3) is 0 Å². The summed E-state index contributed by atoms with van der Waals surface area (Å²) in [5.41, 5.74) is 3.67. The molecule has 0 aromatic heterocycles. The van der Waals surface area contributed by atoms with Crippen molar-refractivity contribution in [1.29, 1.82) is 0 Å².